The van der Waals surface area contributed by atoms with E-state index in [1.54, 1.807) is 0 Å². The van der Waals surface area contributed by atoms with Crippen molar-refractivity contribution in [2.45, 2.75) is 31.8 Å². The van der Waals surface area contributed by atoms with Gasteiger partial charge in [0, 0.05) is 11.6 Å². The fraction of sp³-hybridized carbons (Fsp3) is 0.571. The first-order valence-corrected chi connectivity index (χ1v) is 6.27. The predicted molar refractivity (Wildman–Crippen MR) is 66.4 cm³/mol. The summed E-state index contributed by atoms with van der Waals surface area (Å²) in [6, 6.07) is 2.81. The van der Waals surface area contributed by atoms with E-state index in [-0.39, 0.29) is 5.92 Å². The van der Waals surface area contributed by atoms with Crippen LogP contribution in [0.3, 0.4) is 0 Å². The van der Waals surface area contributed by atoms with Crippen molar-refractivity contribution in [1.82, 2.24) is 0 Å². The molecule has 0 radical (unpaired) electrons. The van der Waals surface area contributed by atoms with E-state index < -0.39 is 11.9 Å². The van der Waals surface area contributed by atoms with E-state index in [9.17, 15) is 9.50 Å². The van der Waals surface area contributed by atoms with E-state index in [0.717, 1.165) is 25.7 Å². The number of hydrogen-bond donors (Lipinski definition) is 1. The molecule has 1 unspecified atom stereocenters. The number of aliphatic hydroxyl groups is 1. The first-order chi connectivity index (χ1) is 8.67. The molecule has 1 atom stereocenters. The molecule has 18 heavy (non-hydrogen) atoms. The maximum Gasteiger partial charge on any atom is 0.163 e. The maximum atomic E-state index is 14.0. The second-order valence-electron chi connectivity index (χ2n) is 4.72. The van der Waals surface area contributed by atoms with Gasteiger partial charge in [0.05, 0.1) is 20.3 Å². The molecule has 0 bridgehead atoms. The summed E-state index contributed by atoms with van der Waals surface area (Å²) in [5, 5.41) is 10.2. The van der Waals surface area contributed by atoms with Gasteiger partial charge in [0.2, 0.25) is 0 Å². The van der Waals surface area contributed by atoms with Crippen molar-refractivity contribution in [3.8, 4) is 11.5 Å². The molecule has 3 nitrogen and oxygen atoms in total. The van der Waals surface area contributed by atoms with E-state index in [2.05, 4.69) is 0 Å². The van der Waals surface area contributed by atoms with Crippen LogP contribution in [0.5, 0.6) is 11.5 Å². The third-order valence-corrected chi connectivity index (χ3v) is 3.67. The molecular weight excluding hydrogens is 235 g/mol. The van der Waals surface area contributed by atoms with Crippen LogP contribution in [0.15, 0.2) is 12.1 Å². The molecule has 1 aromatic carbocycles. The van der Waals surface area contributed by atoms with Gasteiger partial charge >= 0.3 is 0 Å². The molecule has 0 amide bonds. The van der Waals surface area contributed by atoms with Gasteiger partial charge in [-0.25, -0.2) is 4.39 Å². The summed E-state index contributed by atoms with van der Waals surface area (Å²) >= 11 is 0. The Morgan fingerprint density at radius 2 is 1.72 bits per heavy atom. The molecule has 4 heteroatoms. The van der Waals surface area contributed by atoms with Crippen molar-refractivity contribution in [1.29, 1.82) is 0 Å². The molecule has 1 aliphatic rings. The van der Waals surface area contributed by atoms with Crippen LogP contribution in [0.4, 0.5) is 4.39 Å². The maximum absolute atomic E-state index is 14.0. The van der Waals surface area contributed by atoms with Crippen LogP contribution >= 0.6 is 0 Å². The topological polar surface area (TPSA) is 38.7 Å². The lowest BCUT2D eigenvalue weighted by atomic mass is 9.94. The molecule has 1 saturated carbocycles. The van der Waals surface area contributed by atoms with Gasteiger partial charge < -0.3 is 14.6 Å². The average Bonchev–Trinajstić information content (AvgIpc) is 2.91. The lowest BCUT2D eigenvalue weighted by molar-refractivity contribution is 0.107. The van der Waals surface area contributed by atoms with Crippen LogP contribution in [0.25, 0.3) is 0 Å². The fourth-order valence-electron chi connectivity index (χ4n) is 2.62. The molecule has 1 N–H and O–H groups in total. The van der Waals surface area contributed by atoms with Crippen LogP contribution in [-0.2, 0) is 0 Å². The van der Waals surface area contributed by atoms with Gasteiger partial charge in [-0.3, -0.25) is 0 Å². The normalized spacial score (nSPS) is 17.8. The molecule has 0 aromatic heterocycles. The highest BCUT2D eigenvalue weighted by Gasteiger charge is 2.27. The fourth-order valence-corrected chi connectivity index (χ4v) is 2.62. The number of benzene rings is 1. The van der Waals surface area contributed by atoms with Gasteiger partial charge in [-0.15, -0.1) is 0 Å². The molecule has 0 spiro atoms. The Balaban J connectivity index is 2.31. The summed E-state index contributed by atoms with van der Waals surface area (Å²) in [4.78, 5) is 0. The molecule has 0 aliphatic heterocycles. The van der Waals surface area contributed by atoms with Gasteiger partial charge in [0.25, 0.3) is 0 Å². The Labute approximate surface area is 107 Å². The zero-order valence-corrected chi connectivity index (χ0v) is 10.8. The van der Waals surface area contributed by atoms with Gasteiger partial charge in [-0.2, -0.15) is 0 Å². The summed E-state index contributed by atoms with van der Waals surface area (Å²) in [6.07, 6.45) is 3.37. The minimum atomic E-state index is -0.757. The van der Waals surface area contributed by atoms with E-state index in [0.29, 0.717) is 17.1 Å². The van der Waals surface area contributed by atoms with Gasteiger partial charge in [-0.05, 0) is 24.8 Å². The van der Waals surface area contributed by atoms with E-state index in [4.69, 9.17) is 9.47 Å². The molecule has 2 rings (SSSR count). The zero-order valence-electron chi connectivity index (χ0n) is 10.8. The molecule has 1 aliphatic carbocycles. The van der Waals surface area contributed by atoms with Crippen molar-refractivity contribution in [3.05, 3.63) is 23.5 Å². The Bertz CT molecular complexity index is 414. The summed E-state index contributed by atoms with van der Waals surface area (Å²) in [6.45, 7) is 0. The molecule has 100 valence electrons. The minimum absolute atomic E-state index is 0.151. The highest BCUT2D eigenvalue weighted by molar-refractivity contribution is 5.44. The molecule has 1 aromatic rings. The zero-order chi connectivity index (χ0) is 13.1. The number of rotatable bonds is 4. The smallest absolute Gasteiger partial charge is 0.163 e. The number of halogens is 1. The standard InChI is InChI=1S/C14H19FO3/c1-17-12-7-10(11(15)8-13(12)18-2)14(16)9-5-3-4-6-9/h7-9,14,16H,3-6H2,1-2H3. The quantitative estimate of drug-likeness (QED) is 0.897. The molecule has 0 saturated heterocycles. The molecule has 1 fully saturated rings. The third kappa shape index (κ3) is 2.43. The summed E-state index contributed by atoms with van der Waals surface area (Å²) in [5.41, 5.74) is 0.305. The Hall–Kier alpha value is -1.29. The van der Waals surface area contributed by atoms with Crippen molar-refractivity contribution in [3.63, 3.8) is 0 Å². The largest absolute Gasteiger partial charge is 0.493 e. The third-order valence-electron chi connectivity index (χ3n) is 3.67. The molecular formula is C14H19FO3. The van der Waals surface area contributed by atoms with Crippen LogP contribution < -0.4 is 9.47 Å². The van der Waals surface area contributed by atoms with E-state index in [1.807, 2.05) is 0 Å². The highest BCUT2D eigenvalue weighted by Crippen LogP contribution is 2.39. The van der Waals surface area contributed by atoms with Crippen LogP contribution in [-0.4, -0.2) is 19.3 Å². The second kappa shape index (κ2) is 5.57. The Kier molecular flexibility index (Phi) is 4.07. The Morgan fingerprint density at radius 3 is 2.28 bits per heavy atom. The van der Waals surface area contributed by atoms with Gasteiger partial charge in [0.1, 0.15) is 5.82 Å². The second-order valence-corrected chi connectivity index (χ2v) is 4.72. The monoisotopic (exact) mass is 254 g/mol. The number of ether oxygens (including phenoxy) is 2. The number of methoxy groups -OCH3 is 2. The van der Waals surface area contributed by atoms with Crippen molar-refractivity contribution in [2.24, 2.45) is 5.92 Å². The van der Waals surface area contributed by atoms with E-state index >= 15 is 0 Å². The Morgan fingerprint density at radius 1 is 1.17 bits per heavy atom. The average molecular weight is 254 g/mol. The lowest BCUT2D eigenvalue weighted by Crippen LogP contribution is -2.11. The highest BCUT2D eigenvalue weighted by atomic mass is 19.1. The summed E-state index contributed by atoms with van der Waals surface area (Å²) in [7, 11) is 2.96. The van der Waals surface area contributed by atoms with Gasteiger partial charge in [0.15, 0.2) is 11.5 Å². The molecule has 0 heterocycles. The minimum Gasteiger partial charge on any atom is -0.493 e. The SMILES string of the molecule is COc1cc(F)c(C(O)C2CCCC2)cc1OC. The predicted octanol–water partition coefficient (Wildman–Crippen LogP) is 3.07. The van der Waals surface area contributed by atoms with Crippen LogP contribution in [0, 0.1) is 11.7 Å². The van der Waals surface area contributed by atoms with Crippen LogP contribution in [0.1, 0.15) is 37.4 Å². The van der Waals surface area contributed by atoms with Crippen molar-refractivity contribution >= 4 is 0 Å². The first kappa shape index (κ1) is 13.1. The lowest BCUT2D eigenvalue weighted by Gasteiger charge is -2.20. The number of hydrogen-bond acceptors (Lipinski definition) is 3. The van der Waals surface area contributed by atoms with Crippen LogP contribution in [0.2, 0.25) is 0 Å². The number of aliphatic hydroxyl groups excluding tert-OH is 1. The summed E-state index contributed by atoms with van der Waals surface area (Å²) in [5.74, 6) is 0.507. The van der Waals surface area contributed by atoms with Crippen molar-refractivity contribution < 1.29 is 19.0 Å². The van der Waals surface area contributed by atoms with Gasteiger partial charge in [-0.1, -0.05) is 12.8 Å². The van der Waals surface area contributed by atoms with E-state index in [1.165, 1.54) is 26.4 Å². The first-order valence-electron chi connectivity index (χ1n) is 6.27. The van der Waals surface area contributed by atoms with Crippen molar-refractivity contribution in [2.75, 3.05) is 14.2 Å². The summed E-state index contributed by atoms with van der Waals surface area (Å²) < 4.78 is 24.1.